The summed E-state index contributed by atoms with van der Waals surface area (Å²) < 4.78 is 1.86. The molecule has 1 saturated heterocycles. The summed E-state index contributed by atoms with van der Waals surface area (Å²) in [6.45, 7) is 6.54. The minimum absolute atomic E-state index is 0.0125. The van der Waals surface area contributed by atoms with Crippen LogP contribution < -0.4 is 10.6 Å². The second-order valence-electron chi connectivity index (χ2n) is 7.78. The Hall–Kier alpha value is -2.83. The Balaban J connectivity index is 1.56. The summed E-state index contributed by atoms with van der Waals surface area (Å²) in [6.07, 6.45) is 6.00. The van der Waals surface area contributed by atoms with Crippen LogP contribution >= 0.6 is 0 Å². The Kier molecular flexibility index (Phi) is 6.90. The lowest BCUT2D eigenvalue weighted by molar-refractivity contribution is -0.119. The molecule has 0 saturated carbocycles. The van der Waals surface area contributed by atoms with E-state index in [0.717, 1.165) is 43.1 Å². The minimum Gasteiger partial charge on any atom is -0.352 e. The number of hydrogen-bond acceptors (Lipinski definition) is 3. The van der Waals surface area contributed by atoms with E-state index in [1.807, 2.05) is 57.0 Å². The van der Waals surface area contributed by atoms with Gasteiger partial charge in [0.05, 0.1) is 6.20 Å². The average Bonchev–Trinajstić information content (AvgIpc) is 3.37. The smallest absolute Gasteiger partial charge is 0.227 e. The second-order valence-corrected chi connectivity index (χ2v) is 7.78. The van der Waals surface area contributed by atoms with Crippen LogP contribution in [0.4, 0.5) is 5.69 Å². The van der Waals surface area contributed by atoms with Gasteiger partial charge in [0.25, 0.3) is 0 Å². The molecule has 1 aliphatic rings. The number of aryl methyl sites for hydroxylation is 1. The molecule has 2 unspecified atom stereocenters. The minimum atomic E-state index is 0.0125. The van der Waals surface area contributed by atoms with Gasteiger partial charge in [0, 0.05) is 57.4 Å². The molecule has 7 heteroatoms. The van der Waals surface area contributed by atoms with Gasteiger partial charge in [-0.05, 0) is 36.1 Å². The number of anilines is 1. The number of likely N-dealkylation sites (tertiary alicyclic amines) is 1. The van der Waals surface area contributed by atoms with Crippen LogP contribution in [0.1, 0.15) is 43.7 Å². The Morgan fingerprint density at radius 3 is 2.93 bits per heavy atom. The number of benzene rings is 1. The van der Waals surface area contributed by atoms with Crippen LogP contribution in [0.5, 0.6) is 0 Å². The standard InChI is InChI=1S/C22H32N6O/c1-5-16(2)21(29)26-20-8-6-7-17(11-20)12-24-22(23-3)28-10-9-18(15-28)19-13-25-27(4)14-19/h6-8,11,13-14,16,18H,5,9-10,12,15H2,1-4H3,(H,23,24)(H,26,29). The second kappa shape index (κ2) is 9.58. The zero-order valence-electron chi connectivity index (χ0n) is 17.9. The highest BCUT2D eigenvalue weighted by Gasteiger charge is 2.26. The summed E-state index contributed by atoms with van der Waals surface area (Å²) in [7, 11) is 3.78. The number of carbonyl (C=O) groups is 1. The predicted octanol–water partition coefficient (Wildman–Crippen LogP) is 2.97. The molecule has 0 bridgehead atoms. The van der Waals surface area contributed by atoms with Crippen LogP contribution in [-0.4, -0.2) is 46.7 Å². The van der Waals surface area contributed by atoms with Gasteiger partial charge in [-0.3, -0.25) is 14.5 Å². The topological polar surface area (TPSA) is 74.6 Å². The monoisotopic (exact) mass is 396 g/mol. The number of nitrogens with one attached hydrogen (secondary N) is 2. The maximum absolute atomic E-state index is 12.1. The SMILES string of the molecule is CCC(C)C(=O)Nc1cccc(CNC(=NC)N2CCC(c3cnn(C)c3)C2)c1. The first-order valence-electron chi connectivity index (χ1n) is 10.3. The van der Waals surface area contributed by atoms with E-state index in [2.05, 4.69) is 37.9 Å². The first kappa shape index (κ1) is 20.9. The molecule has 0 aliphatic carbocycles. The maximum atomic E-state index is 12.1. The summed E-state index contributed by atoms with van der Waals surface area (Å²) in [5.41, 5.74) is 3.23. The predicted molar refractivity (Wildman–Crippen MR) is 117 cm³/mol. The third-order valence-corrected chi connectivity index (χ3v) is 5.60. The number of amides is 1. The quantitative estimate of drug-likeness (QED) is 0.582. The molecule has 3 rings (SSSR count). The third-order valence-electron chi connectivity index (χ3n) is 5.60. The molecule has 156 valence electrons. The van der Waals surface area contributed by atoms with Crippen molar-refractivity contribution in [2.75, 3.05) is 25.5 Å². The van der Waals surface area contributed by atoms with E-state index in [9.17, 15) is 4.79 Å². The van der Waals surface area contributed by atoms with Crippen LogP contribution in [0.2, 0.25) is 0 Å². The van der Waals surface area contributed by atoms with Gasteiger partial charge in [-0.25, -0.2) is 0 Å². The van der Waals surface area contributed by atoms with Crippen molar-refractivity contribution in [1.82, 2.24) is 20.0 Å². The Morgan fingerprint density at radius 1 is 1.41 bits per heavy atom. The van der Waals surface area contributed by atoms with E-state index in [4.69, 9.17) is 0 Å². The first-order chi connectivity index (χ1) is 14.0. The normalized spacial score (nSPS) is 18.0. The lowest BCUT2D eigenvalue weighted by Crippen LogP contribution is -2.39. The molecule has 1 aromatic carbocycles. The Bertz CT molecular complexity index is 858. The maximum Gasteiger partial charge on any atom is 0.227 e. The van der Waals surface area contributed by atoms with Gasteiger partial charge < -0.3 is 15.5 Å². The van der Waals surface area contributed by atoms with E-state index < -0.39 is 0 Å². The largest absolute Gasteiger partial charge is 0.352 e. The molecule has 2 N–H and O–H groups in total. The van der Waals surface area contributed by atoms with Crippen molar-refractivity contribution in [2.45, 2.75) is 39.2 Å². The van der Waals surface area contributed by atoms with Crippen molar-refractivity contribution < 1.29 is 4.79 Å². The highest BCUT2D eigenvalue weighted by Crippen LogP contribution is 2.26. The summed E-state index contributed by atoms with van der Waals surface area (Å²) in [5, 5.41) is 10.8. The van der Waals surface area contributed by atoms with Gasteiger partial charge >= 0.3 is 0 Å². The molecule has 0 radical (unpaired) electrons. The summed E-state index contributed by atoms with van der Waals surface area (Å²) in [4.78, 5) is 18.9. The zero-order valence-corrected chi connectivity index (χ0v) is 17.9. The number of nitrogens with zero attached hydrogens (tertiary/aromatic N) is 4. The number of guanidine groups is 1. The van der Waals surface area contributed by atoms with Gasteiger partial charge in [0.2, 0.25) is 5.91 Å². The number of rotatable bonds is 6. The first-order valence-corrected chi connectivity index (χ1v) is 10.3. The highest BCUT2D eigenvalue weighted by molar-refractivity contribution is 5.92. The van der Waals surface area contributed by atoms with Crippen molar-refractivity contribution >= 4 is 17.6 Å². The van der Waals surface area contributed by atoms with Crippen molar-refractivity contribution in [3.05, 3.63) is 47.8 Å². The Labute approximate surface area is 173 Å². The molecular formula is C22H32N6O. The lowest BCUT2D eigenvalue weighted by Gasteiger charge is -2.22. The average molecular weight is 397 g/mol. The fourth-order valence-electron chi connectivity index (χ4n) is 3.60. The van der Waals surface area contributed by atoms with Crippen LogP contribution in [0.3, 0.4) is 0 Å². The number of hydrogen-bond donors (Lipinski definition) is 2. The van der Waals surface area contributed by atoms with Crippen molar-refractivity contribution in [3.63, 3.8) is 0 Å². The molecule has 2 heterocycles. The van der Waals surface area contributed by atoms with Gasteiger partial charge in [-0.2, -0.15) is 5.10 Å². The van der Waals surface area contributed by atoms with E-state index >= 15 is 0 Å². The molecule has 1 fully saturated rings. The fourth-order valence-corrected chi connectivity index (χ4v) is 3.60. The van der Waals surface area contributed by atoms with Crippen molar-refractivity contribution in [1.29, 1.82) is 0 Å². The van der Waals surface area contributed by atoms with E-state index in [1.54, 1.807) is 0 Å². The summed E-state index contributed by atoms with van der Waals surface area (Å²) >= 11 is 0. The van der Waals surface area contributed by atoms with Crippen LogP contribution in [0.15, 0.2) is 41.7 Å². The molecule has 0 spiro atoms. The molecule has 2 atom stereocenters. The Morgan fingerprint density at radius 2 is 2.24 bits per heavy atom. The van der Waals surface area contributed by atoms with Gasteiger partial charge in [-0.1, -0.05) is 26.0 Å². The third kappa shape index (κ3) is 5.37. The lowest BCUT2D eigenvalue weighted by atomic mass is 10.0. The summed E-state index contributed by atoms with van der Waals surface area (Å²) in [6, 6.07) is 7.97. The van der Waals surface area contributed by atoms with Crippen LogP contribution in [-0.2, 0) is 18.4 Å². The van der Waals surface area contributed by atoms with E-state index in [-0.39, 0.29) is 11.8 Å². The molecule has 29 heavy (non-hydrogen) atoms. The molecule has 1 amide bonds. The molecule has 1 aliphatic heterocycles. The number of aliphatic imine (C=N–C) groups is 1. The van der Waals surface area contributed by atoms with Crippen LogP contribution in [0.25, 0.3) is 0 Å². The van der Waals surface area contributed by atoms with Crippen molar-refractivity contribution in [3.8, 4) is 0 Å². The highest BCUT2D eigenvalue weighted by atomic mass is 16.1. The molecule has 1 aromatic heterocycles. The number of carbonyl (C=O) groups excluding carboxylic acids is 1. The summed E-state index contributed by atoms with van der Waals surface area (Å²) in [5.74, 6) is 1.47. The van der Waals surface area contributed by atoms with E-state index in [1.165, 1.54) is 5.56 Å². The van der Waals surface area contributed by atoms with Crippen LogP contribution in [0, 0.1) is 5.92 Å². The fraction of sp³-hybridized carbons (Fsp3) is 0.500. The van der Waals surface area contributed by atoms with Gasteiger partial charge in [0.15, 0.2) is 5.96 Å². The molecule has 7 nitrogen and oxygen atoms in total. The molecule has 2 aromatic rings. The van der Waals surface area contributed by atoms with Gasteiger partial charge in [-0.15, -0.1) is 0 Å². The van der Waals surface area contributed by atoms with E-state index in [0.29, 0.717) is 12.5 Å². The van der Waals surface area contributed by atoms with Gasteiger partial charge in [0.1, 0.15) is 0 Å². The number of aromatic nitrogens is 2. The van der Waals surface area contributed by atoms with Crippen molar-refractivity contribution in [2.24, 2.45) is 18.0 Å². The molecular weight excluding hydrogens is 364 g/mol. The zero-order chi connectivity index (χ0) is 20.8.